The molecule has 0 saturated heterocycles. The first-order valence-electron chi connectivity index (χ1n) is 7.48. The van der Waals surface area contributed by atoms with E-state index in [0.717, 1.165) is 12.8 Å². The lowest BCUT2D eigenvalue weighted by atomic mass is 9.80. The minimum absolute atomic E-state index is 0.354. The molecule has 0 heterocycles. The summed E-state index contributed by atoms with van der Waals surface area (Å²) < 4.78 is 5.35. The van der Waals surface area contributed by atoms with Crippen molar-refractivity contribution in [2.45, 2.75) is 77.4 Å². The lowest BCUT2D eigenvalue weighted by Gasteiger charge is -2.37. The largest absolute Gasteiger partial charge is 0.444 e. The van der Waals surface area contributed by atoms with Crippen molar-refractivity contribution in [2.24, 2.45) is 11.7 Å². The third-order valence-electron chi connectivity index (χ3n) is 3.97. The van der Waals surface area contributed by atoms with E-state index in [4.69, 9.17) is 10.5 Å². The number of hydrogen-bond acceptors (Lipinski definition) is 3. The normalized spacial score (nSPS) is 21.3. The SMILES string of the molecule is CC(C)(C)OC(=O)NC(C)(CN)C1CCCCCC1. The van der Waals surface area contributed by atoms with Gasteiger partial charge in [0.25, 0.3) is 0 Å². The molecular weight excluding hydrogens is 240 g/mol. The minimum atomic E-state index is -0.469. The molecule has 0 bridgehead atoms. The summed E-state index contributed by atoms with van der Waals surface area (Å²) in [5.41, 5.74) is 5.11. The molecular formula is C15H30N2O2. The first-order valence-corrected chi connectivity index (χ1v) is 7.48. The number of hydrogen-bond donors (Lipinski definition) is 2. The first kappa shape index (κ1) is 16.3. The van der Waals surface area contributed by atoms with Crippen LogP contribution in [0.4, 0.5) is 4.79 Å². The van der Waals surface area contributed by atoms with Gasteiger partial charge in [-0.25, -0.2) is 4.79 Å². The van der Waals surface area contributed by atoms with Gasteiger partial charge >= 0.3 is 6.09 Å². The van der Waals surface area contributed by atoms with Crippen LogP contribution in [-0.4, -0.2) is 23.8 Å². The van der Waals surface area contributed by atoms with Crippen molar-refractivity contribution < 1.29 is 9.53 Å². The van der Waals surface area contributed by atoms with Crippen molar-refractivity contribution in [3.05, 3.63) is 0 Å². The second kappa shape index (κ2) is 6.60. The lowest BCUT2D eigenvalue weighted by Crippen LogP contribution is -2.57. The highest BCUT2D eigenvalue weighted by Crippen LogP contribution is 2.31. The summed E-state index contributed by atoms with van der Waals surface area (Å²) in [5.74, 6) is 0.451. The Labute approximate surface area is 117 Å². The Balaban J connectivity index is 2.65. The van der Waals surface area contributed by atoms with E-state index in [1.807, 2.05) is 27.7 Å². The second-order valence-electron chi connectivity index (χ2n) is 6.94. The zero-order chi connectivity index (χ0) is 14.5. The molecule has 1 amide bonds. The number of carbonyl (C=O) groups is 1. The molecule has 1 saturated carbocycles. The maximum Gasteiger partial charge on any atom is 0.408 e. The number of rotatable bonds is 3. The van der Waals surface area contributed by atoms with Gasteiger partial charge in [-0.1, -0.05) is 25.7 Å². The molecule has 0 aliphatic heterocycles. The average molecular weight is 270 g/mol. The van der Waals surface area contributed by atoms with Crippen LogP contribution in [0.3, 0.4) is 0 Å². The highest BCUT2D eigenvalue weighted by atomic mass is 16.6. The van der Waals surface area contributed by atoms with Crippen LogP contribution >= 0.6 is 0 Å². The quantitative estimate of drug-likeness (QED) is 0.774. The van der Waals surface area contributed by atoms with E-state index in [1.165, 1.54) is 25.7 Å². The molecule has 1 aliphatic carbocycles. The van der Waals surface area contributed by atoms with E-state index in [9.17, 15) is 4.79 Å². The number of nitrogens with two attached hydrogens (primary N) is 1. The van der Waals surface area contributed by atoms with E-state index >= 15 is 0 Å². The summed E-state index contributed by atoms with van der Waals surface area (Å²) in [6, 6.07) is 0. The molecule has 0 spiro atoms. The Bertz CT molecular complexity index is 291. The van der Waals surface area contributed by atoms with Crippen molar-refractivity contribution in [3.63, 3.8) is 0 Å². The second-order valence-corrected chi connectivity index (χ2v) is 6.94. The first-order chi connectivity index (χ1) is 8.77. The molecule has 1 unspecified atom stereocenters. The van der Waals surface area contributed by atoms with Gasteiger partial charge < -0.3 is 15.8 Å². The molecule has 1 fully saturated rings. The number of carbonyl (C=O) groups excluding carboxylic acids is 1. The average Bonchev–Trinajstić information content (AvgIpc) is 2.54. The van der Waals surface area contributed by atoms with Crippen LogP contribution in [0.25, 0.3) is 0 Å². The number of ether oxygens (including phenoxy) is 1. The van der Waals surface area contributed by atoms with Gasteiger partial charge in [-0.3, -0.25) is 0 Å². The molecule has 1 rings (SSSR count). The standard InChI is InChI=1S/C15H30N2O2/c1-14(2,3)19-13(18)17-15(4,11-16)12-9-7-5-6-8-10-12/h12H,5-11,16H2,1-4H3,(H,17,18). The molecule has 1 atom stereocenters. The van der Waals surface area contributed by atoms with E-state index in [2.05, 4.69) is 5.32 Å². The number of amides is 1. The third-order valence-corrected chi connectivity index (χ3v) is 3.97. The molecule has 19 heavy (non-hydrogen) atoms. The third kappa shape index (κ3) is 5.39. The summed E-state index contributed by atoms with van der Waals surface area (Å²) in [5, 5.41) is 3.01. The Morgan fingerprint density at radius 1 is 1.16 bits per heavy atom. The van der Waals surface area contributed by atoms with Gasteiger partial charge in [0.2, 0.25) is 0 Å². The van der Waals surface area contributed by atoms with Crippen LogP contribution in [0.5, 0.6) is 0 Å². The molecule has 0 radical (unpaired) electrons. The zero-order valence-corrected chi connectivity index (χ0v) is 12.9. The van der Waals surface area contributed by atoms with E-state index in [1.54, 1.807) is 0 Å². The van der Waals surface area contributed by atoms with Gasteiger partial charge in [0.15, 0.2) is 0 Å². The molecule has 0 aromatic carbocycles. The van der Waals surface area contributed by atoms with E-state index in [-0.39, 0.29) is 11.6 Å². The fraction of sp³-hybridized carbons (Fsp3) is 0.933. The van der Waals surface area contributed by atoms with Gasteiger partial charge in [0.05, 0.1) is 5.54 Å². The highest BCUT2D eigenvalue weighted by molar-refractivity contribution is 5.68. The summed E-state index contributed by atoms with van der Waals surface area (Å²) in [4.78, 5) is 12.0. The fourth-order valence-corrected chi connectivity index (χ4v) is 2.77. The van der Waals surface area contributed by atoms with Crippen LogP contribution in [-0.2, 0) is 4.74 Å². The monoisotopic (exact) mass is 270 g/mol. The van der Waals surface area contributed by atoms with Gasteiger partial charge in [-0.2, -0.15) is 0 Å². The fourth-order valence-electron chi connectivity index (χ4n) is 2.77. The van der Waals surface area contributed by atoms with Gasteiger partial charge in [0, 0.05) is 6.54 Å². The van der Waals surface area contributed by atoms with E-state index in [0.29, 0.717) is 12.5 Å². The maximum atomic E-state index is 12.0. The van der Waals surface area contributed by atoms with Crippen LogP contribution in [0, 0.1) is 5.92 Å². The summed E-state index contributed by atoms with van der Waals surface area (Å²) in [6.45, 7) is 8.12. The van der Waals surface area contributed by atoms with Gasteiger partial charge in [-0.05, 0) is 46.5 Å². The van der Waals surface area contributed by atoms with Crippen LogP contribution in [0.15, 0.2) is 0 Å². The van der Waals surface area contributed by atoms with Crippen molar-refractivity contribution in [1.82, 2.24) is 5.32 Å². The summed E-state index contributed by atoms with van der Waals surface area (Å²) >= 11 is 0. The summed E-state index contributed by atoms with van der Waals surface area (Å²) in [6.07, 6.45) is 6.98. The number of nitrogens with one attached hydrogen (secondary N) is 1. The van der Waals surface area contributed by atoms with Crippen LogP contribution < -0.4 is 11.1 Å². The molecule has 4 nitrogen and oxygen atoms in total. The van der Waals surface area contributed by atoms with Crippen LogP contribution in [0.2, 0.25) is 0 Å². The van der Waals surface area contributed by atoms with Gasteiger partial charge in [0.1, 0.15) is 5.60 Å². The van der Waals surface area contributed by atoms with Crippen molar-refractivity contribution in [3.8, 4) is 0 Å². The zero-order valence-electron chi connectivity index (χ0n) is 12.9. The smallest absolute Gasteiger partial charge is 0.408 e. The van der Waals surface area contributed by atoms with Crippen molar-refractivity contribution in [2.75, 3.05) is 6.54 Å². The maximum absolute atomic E-state index is 12.0. The number of alkyl carbamates (subject to hydrolysis) is 1. The molecule has 0 aromatic rings. The van der Waals surface area contributed by atoms with Crippen LogP contribution in [0.1, 0.15) is 66.2 Å². The Morgan fingerprint density at radius 3 is 2.11 bits per heavy atom. The Kier molecular flexibility index (Phi) is 5.65. The molecule has 4 heteroatoms. The lowest BCUT2D eigenvalue weighted by molar-refractivity contribution is 0.0419. The molecule has 0 aromatic heterocycles. The molecule has 3 N–H and O–H groups in total. The topological polar surface area (TPSA) is 64.3 Å². The molecule has 112 valence electrons. The van der Waals surface area contributed by atoms with Gasteiger partial charge in [-0.15, -0.1) is 0 Å². The predicted molar refractivity (Wildman–Crippen MR) is 78.0 cm³/mol. The summed E-state index contributed by atoms with van der Waals surface area (Å²) in [7, 11) is 0. The van der Waals surface area contributed by atoms with E-state index < -0.39 is 5.60 Å². The minimum Gasteiger partial charge on any atom is -0.444 e. The molecule has 1 aliphatic rings. The predicted octanol–water partition coefficient (Wildman–Crippen LogP) is 3.20. The Morgan fingerprint density at radius 2 is 1.68 bits per heavy atom. The van der Waals surface area contributed by atoms with Crippen molar-refractivity contribution >= 4 is 6.09 Å². The highest BCUT2D eigenvalue weighted by Gasteiger charge is 2.35. The van der Waals surface area contributed by atoms with Crippen molar-refractivity contribution in [1.29, 1.82) is 0 Å². The Hall–Kier alpha value is -0.770.